The molecule has 236 valence electrons. The number of rotatable bonds is 9. The minimum Gasteiger partial charge on any atom is -0.381 e. The van der Waals surface area contributed by atoms with Crippen molar-refractivity contribution in [3.05, 3.63) is 82.9 Å². The largest absolute Gasteiger partial charge is 0.381 e. The lowest BCUT2D eigenvalue weighted by Gasteiger charge is -2.31. The Morgan fingerprint density at radius 2 is 1.71 bits per heavy atom. The summed E-state index contributed by atoms with van der Waals surface area (Å²) >= 11 is 0. The molecule has 0 aliphatic carbocycles. The van der Waals surface area contributed by atoms with Crippen molar-refractivity contribution >= 4 is 34.0 Å². The average molecular weight is 615 g/mol. The van der Waals surface area contributed by atoms with E-state index in [9.17, 15) is 13.6 Å². The highest BCUT2D eigenvalue weighted by molar-refractivity contribution is 6.11. The number of aromatic nitrogens is 2. The molecule has 3 aliphatic heterocycles. The second-order valence-corrected chi connectivity index (χ2v) is 12.6. The van der Waals surface area contributed by atoms with Crippen LogP contribution in [0.5, 0.6) is 0 Å². The Morgan fingerprint density at radius 3 is 2.51 bits per heavy atom. The summed E-state index contributed by atoms with van der Waals surface area (Å²) in [5.74, 6) is -1.05. The number of carbonyl (C=O) groups is 1. The number of carbonyl (C=O) groups excluding carboxylic acids is 1. The van der Waals surface area contributed by atoms with Gasteiger partial charge in [-0.3, -0.25) is 9.89 Å². The monoisotopic (exact) mass is 614 g/mol. The number of aromatic amines is 1. The smallest absolute Gasteiger partial charge is 0.258 e. The van der Waals surface area contributed by atoms with Crippen molar-refractivity contribution in [1.29, 1.82) is 0 Å². The number of hydrogen-bond acceptors (Lipinski definition) is 6. The van der Waals surface area contributed by atoms with Gasteiger partial charge in [-0.05, 0) is 112 Å². The Hall–Kier alpha value is -4.02. The molecule has 0 unspecified atom stereocenters. The fraction of sp³-hybridized carbons (Fsp3) is 0.429. The zero-order valence-electron chi connectivity index (χ0n) is 25.5. The topological polar surface area (TPSA) is 85.5 Å². The molecule has 45 heavy (non-hydrogen) atoms. The molecule has 3 aliphatic rings. The quantitative estimate of drug-likeness (QED) is 0.204. The van der Waals surface area contributed by atoms with Crippen molar-refractivity contribution in [3.63, 3.8) is 0 Å². The van der Waals surface area contributed by atoms with Crippen LogP contribution in [0.15, 0.2) is 54.6 Å². The van der Waals surface area contributed by atoms with Crippen LogP contribution in [0.3, 0.4) is 0 Å². The lowest BCUT2D eigenvalue weighted by molar-refractivity contribution is 0.0904. The van der Waals surface area contributed by atoms with Crippen LogP contribution in [0, 0.1) is 11.6 Å². The van der Waals surface area contributed by atoms with Crippen LogP contribution in [0.2, 0.25) is 0 Å². The predicted octanol–water partition coefficient (Wildman–Crippen LogP) is 6.34. The van der Waals surface area contributed by atoms with E-state index in [1.165, 1.54) is 50.9 Å². The van der Waals surface area contributed by atoms with Crippen molar-refractivity contribution in [2.24, 2.45) is 0 Å². The minimum atomic E-state index is -0.606. The predicted molar refractivity (Wildman–Crippen MR) is 173 cm³/mol. The first-order valence-electron chi connectivity index (χ1n) is 16.2. The van der Waals surface area contributed by atoms with E-state index in [1.54, 1.807) is 0 Å². The molecule has 1 atom stereocenters. The summed E-state index contributed by atoms with van der Waals surface area (Å²) in [6.45, 7) is 5.89. The van der Waals surface area contributed by atoms with E-state index in [0.717, 1.165) is 59.8 Å². The highest BCUT2D eigenvalue weighted by atomic mass is 19.1. The average Bonchev–Trinajstić information content (AvgIpc) is 3.80. The molecule has 0 radical (unpaired) electrons. The van der Waals surface area contributed by atoms with Crippen molar-refractivity contribution in [3.8, 4) is 0 Å². The molecule has 3 aromatic carbocycles. The van der Waals surface area contributed by atoms with Gasteiger partial charge in [-0.25, -0.2) is 8.78 Å². The van der Waals surface area contributed by atoms with Gasteiger partial charge >= 0.3 is 0 Å². The number of hydrogen-bond donors (Lipinski definition) is 3. The van der Waals surface area contributed by atoms with E-state index in [-0.39, 0.29) is 11.9 Å². The number of anilines is 3. The van der Waals surface area contributed by atoms with Gasteiger partial charge in [0.15, 0.2) is 5.82 Å². The number of H-pyrrole nitrogens is 1. The fourth-order valence-corrected chi connectivity index (χ4v) is 7.11. The number of nitrogens with zero attached hydrogens (tertiary/aromatic N) is 3. The van der Waals surface area contributed by atoms with E-state index >= 15 is 0 Å². The van der Waals surface area contributed by atoms with Crippen LogP contribution in [0.1, 0.15) is 60.0 Å². The SMILES string of the molecule is O=C(Nc1n[nH]c2ccc(Cc3cc(F)cc(F)c3)cc12)c1ccc(N2CCC[C@@H]2CN2CCCC2)cc1NC1CCOCC1. The van der Waals surface area contributed by atoms with Crippen molar-refractivity contribution in [1.82, 2.24) is 15.1 Å². The first kappa shape index (κ1) is 29.7. The van der Waals surface area contributed by atoms with E-state index in [1.807, 2.05) is 24.3 Å². The number of halogens is 2. The summed E-state index contributed by atoms with van der Waals surface area (Å²) in [5, 5.41) is 14.8. The van der Waals surface area contributed by atoms with Gasteiger partial charge in [0.05, 0.1) is 11.1 Å². The van der Waals surface area contributed by atoms with Crippen molar-refractivity contribution in [2.75, 3.05) is 54.9 Å². The lowest BCUT2D eigenvalue weighted by Crippen LogP contribution is -2.39. The molecule has 1 aromatic heterocycles. The third-order valence-electron chi connectivity index (χ3n) is 9.39. The van der Waals surface area contributed by atoms with Crippen LogP contribution < -0.4 is 15.5 Å². The van der Waals surface area contributed by atoms with Crippen LogP contribution in [-0.2, 0) is 11.2 Å². The molecule has 4 aromatic rings. The summed E-state index contributed by atoms with van der Waals surface area (Å²) < 4.78 is 33.1. The van der Waals surface area contributed by atoms with Gasteiger partial charge in [0, 0.05) is 61.2 Å². The molecule has 4 heterocycles. The number of amides is 1. The molecule has 10 heteroatoms. The molecule has 3 saturated heterocycles. The number of benzene rings is 3. The van der Waals surface area contributed by atoms with E-state index in [2.05, 4.69) is 42.8 Å². The molecular weight excluding hydrogens is 574 g/mol. The summed E-state index contributed by atoms with van der Waals surface area (Å²) in [5.41, 5.74) is 4.66. The summed E-state index contributed by atoms with van der Waals surface area (Å²) in [6, 6.07) is 16.0. The number of likely N-dealkylation sites (tertiary alicyclic amines) is 1. The normalized spacial score (nSPS) is 19.4. The van der Waals surface area contributed by atoms with Gasteiger partial charge in [0.2, 0.25) is 0 Å². The summed E-state index contributed by atoms with van der Waals surface area (Å²) in [4.78, 5) is 19.0. The molecule has 8 nitrogen and oxygen atoms in total. The number of fused-ring (bicyclic) bond motifs is 1. The lowest BCUT2D eigenvalue weighted by atomic mass is 10.0. The van der Waals surface area contributed by atoms with Gasteiger partial charge in [-0.1, -0.05) is 6.07 Å². The summed E-state index contributed by atoms with van der Waals surface area (Å²) in [7, 11) is 0. The number of ether oxygens (including phenoxy) is 1. The van der Waals surface area contributed by atoms with Crippen LogP contribution in [0.4, 0.5) is 26.0 Å². The Balaban J connectivity index is 1.14. The van der Waals surface area contributed by atoms with Crippen molar-refractivity contribution < 1.29 is 18.3 Å². The van der Waals surface area contributed by atoms with Gasteiger partial charge in [0.25, 0.3) is 5.91 Å². The van der Waals surface area contributed by atoms with Crippen molar-refractivity contribution in [2.45, 2.75) is 57.0 Å². The standard InChI is InChI=1S/C35H40F2N6O2/c36-25-17-24(18-26(37)20-25)16-23-5-8-32-31(19-23)34(41-40-32)39-35(44)30-7-6-28(21-33(30)38-27-9-14-45-15-10-27)43-13-3-4-29(43)22-42-11-1-2-12-42/h5-8,17-21,27,29,38H,1-4,9-16,22H2,(H2,39,40,41,44)/t29-/m1/s1. The maximum absolute atomic E-state index is 13.9. The number of nitrogens with one attached hydrogen (secondary N) is 3. The molecular formula is C35H40F2N6O2. The fourth-order valence-electron chi connectivity index (χ4n) is 7.11. The highest BCUT2D eigenvalue weighted by Gasteiger charge is 2.29. The zero-order chi connectivity index (χ0) is 30.8. The van der Waals surface area contributed by atoms with Gasteiger partial charge in [0.1, 0.15) is 11.6 Å². The zero-order valence-corrected chi connectivity index (χ0v) is 25.5. The maximum Gasteiger partial charge on any atom is 0.258 e. The van der Waals surface area contributed by atoms with Crippen LogP contribution in [-0.4, -0.2) is 72.5 Å². The first-order chi connectivity index (χ1) is 22.0. The third-order valence-corrected chi connectivity index (χ3v) is 9.39. The van der Waals surface area contributed by atoms with Crippen LogP contribution in [0.25, 0.3) is 10.9 Å². The second-order valence-electron chi connectivity index (χ2n) is 12.6. The van der Waals surface area contributed by atoms with E-state index in [4.69, 9.17) is 4.74 Å². The summed E-state index contributed by atoms with van der Waals surface area (Å²) in [6.07, 6.45) is 7.04. The van der Waals surface area contributed by atoms with Crippen LogP contribution >= 0.6 is 0 Å². The molecule has 0 saturated carbocycles. The molecule has 0 bridgehead atoms. The van der Waals surface area contributed by atoms with Gasteiger partial charge in [-0.15, -0.1) is 0 Å². The van der Waals surface area contributed by atoms with Gasteiger partial charge in [-0.2, -0.15) is 5.10 Å². The Labute approximate surface area is 262 Å². The van der Waals surface area contributed by atoms with E-state index in [0.29, 0.717) is 42.6 Å². The Morgan fingerprint density at radius 1 is 0.911 bits per heavy atom. The Bertz CT molecular complexity index is 1640. The minimum absolute atomic E-state index is 0.223. The molecule has 3 N–H and O–H groups in total. The molecule has 1 amide bonds. The third kappa shape index (κ3) is 6.82. The highest BCUT2D eigenvalue weighted by Crippen LogP contribution is 2.33. The van der Waals surface area contributed by atoms with Gasteiger partial charge < -0.3 is 25.2 Å². The molecule has 0 spiro atoms. The first-order valence-corrected chi connectivity index (χ1v) is 16.2. The maximum atomic E-state index is 13.9. The molecule has 7 rings (SSSR count). The second kappa shape index (κ2) is 13.1. The molecule has 3 fully saturated rings. The Kier molecular flexibility index (Phi) is 8.67. The van der Waals surface area contributed by atoms with E-state index < -0.39 is 11.6 Å².